The van der Waals surface area contributed by atoms with Gasteiger partial charge in [0.25, 0.3) is 0 Å². The Morgan fingerprint density at radius 1 is 1.73 bits per heavy atom. The average Bonchev–Trinajstić information content (AvgIpc) is 1.98. The Bertz CT molecular complexity index is 149. The molecule has 1 N–H and O–H groups in total. The van der Waals surface area contributed by atoms with Crippen LogP contribution in [0.15, 0.2) is 5.29 Å². The minimum Gasteiger partial charge on any atom is -0.480 e. The third kappa shape index (κ3) is 3.54. The summed E-state index contributed by atoms with van der Waals surface area (Å²) in [7, 11) is 0. The molecule has 0 unspecified atom stereocenters. The molecule has 0 fully saturated rings. The maximum absolute atomic E-state index is 10.1. The van der Waals surface area contributed by atoms with Crippen molar-refractivity contribution in [1.29, 1.82) is 0 Å². The molecule has 0 spiro atoms. The first-order valence-electron chi connectivity index (χ1n) is 3.43. The highest BCUT2D eigenvalue weighted by Crippen LogP contribution is 2.02. The van der Waals surface area contributed by atoms with Gasteiger partial charge in [-0.3, -0.25) is 4.79 Å². The number of rotatable bonds is 5. The molecule has 11 heavy (non-hydrogen) atoms. The van der Waals surface area contributed by atoms with Gasteiger partial charge in [-0.05, 0) is 13.3 Å². The van der Waals surface area contributed by atoms with Crippen LogP contribution in [0, 0.1) is 4.91 Å². The monoisotopic (exact) mass is 160 g/mol. The quantitative estimate of drug-likeness (QED) is 0.478. The number of hydrogen-bond acceptors (Lipinski definition) is 3. The van der Waals surface area contributed by atoms with Gasteiger partial charge in [0.05, 0.1) is 5.29 Å². The molecule has 0 aromatic carbocycles. The fourth-order valence-electron chi connectivity index (χ4n) is 0.615. The Balaban J connectivity index is 3.94. The Hall–Kier alpha value is -1.13. The topological polar surface area (TPSA) is 70.0 Å². The van der Waals surface area contributed by atoms with E-state index in [4.69, 9.17) is 5.11 Å². The lowest BCUT2D eigenvalue weighted by atomic mass is 10.2. The predicted octanol–water partition coefficient (Wildman–Crippen LogP) is 0.853. The molecule has 0 aromatic heterocycles. The molecular formula is C6H12N2O3. The van der Waals surface area contributed by atoms with Crippen molar-refractivity contribution in [2.45, 2.75) is 26.3 Å². The van der Waals surface area contributed by atoms with Crippen LogP contribution in [-0.2, 0) is 4.79 Å². The second-order valence-electron chi connectivity index (χ2n) is 2.33. The van der Waals surface area contributed by atoms with Crippen molar-refractivity contribution in [2.24, 2.45) is 5.29 Å². The molecule has 5 heteroatoms. The number of hydrogen-bond donors (Lipinski definition) is 1. The van der Waals surface area contributed by atoms with E-state index in [0.717, 1.165) is 5.01 Å². The largest absolute Gasteiger partial charge is 0.480 e. The van der Waals surface area contributed by atoms with Gasteiger partial charge < -0.3 is 5.11 Å². The lowest BCUT2D eigenvalue weighted by molar-refractivity contribution is -0.138. The summed E-state index contributed by atoms with van der Waals surface area (Å²) >= 11 is 0. The zero-order valence-corrected chi connectivity index (χ0v) is 6.65. The number of carboxylic acids is 1. The predicted molar refractivity (Wildman–Crippen MR) is 39.9 cm³/mol. The van der Waals surface area contributed by atoms with Gasteiger partial charge in [0.15, 0.2) is 0 Å². The van der Waals surface area contributed by atoms with E-state index in [-0.39, 0.29) is 12.6 Å². The summed E-state index contributed by atoms with van der Waals surface area (Å²) in [6.45, 7) is 3.30. The van der Waals surface area contributed by atoms with Crippen molar-refractivity contribution in [3.63, 3.8) is 0 Å². The number of carboxylic acid groups (broad SMARTS) is 1. The van der Waals surface area contributed by atoms with Gasteiger partial charge in [-0.1, -0.05) is 6.92 Å². The number of nitroso groups, excluding NO2 is 1. The van der Waals surface area contributed by atoms with Gasteiger partial charge in [-0.15, -0.1) is 4.91 Å². The highest BCUT2D eigenvalue weighted by atomic mass is 16.4. The molecule has 0 heterocycles. The summed E-state index contributed by atoms with van der Waals surface area (Å²) in [4.78, 5) is 20.2. The summed E-state index contributed by atoms with van der Waals surface area (Å²) < 4.78 is 0. The van der Waals surface area contributed by atoms with E-state index in [1.807, 2.05) is 6.92 Å². The van der Waals surface area contributed by atoms with Crippen molar-refractivity contribution in [3.05, 3.63) is 4.91 Å². The van der Waals surface area contributed by atoms with Gasteiger partial charge in [-0.2, -0.15) is 0 Å². The lowest BCUT2D eigenvalue weighted by Crippen LogP contribution is -2.32. The summed E-state index contributed by atoms with van der Waals surface area (Å²) in [5, 5.41) is 11.9. The molecular weight excluding hydrogens is 148 g/mol. The molecule has 5 nitrogen and oxygen atoms in total. The Kier molecular flexibility index (Phi) is 4.17. The molecule has 0 saturated carbocycles. The van der Waals surface area contributed by atoms with Crippen molar-refractivity contribution in [2.75, 3.05) is 6.54 Å². The van der Waals surface area contributed by atoms with E-state index >= 15 is 0 Å². The molecule has 0 aliphatic heterocycles. The van der Waals surface area contributed by atoms with E-state index in [0.29, 0.717) is 6.42 Å². The third-order valence-corrected chi connectivity index (χ3v) is 1.50. The van der Waals surface area contributed by atoms with Crippen LogP contribution < -0.4 is 0 Å². The van der Waals surface area contributed by atoms with E-state index in [1.165, 1.54) is 0 Å². The zero-order chi connectivity index (χ0) is 8.85. The van der Waals surface area contributed by atoms with Gasteiger partial charge in [0, 0.05) is 6.04 Å². The summed E-state index contributed by atoms with van der Waals surface area (Å²) in [6.07, 6.45) is 0.707. The highest BCUT2D eigenvalue weighted by molar-refractivity contribution is 5.69. The van der Waals surface area contributed by atoms with Gasteiger partial charge in [-0.25, -0.2) is 5.01 Å². The molecule has 0 radical (unpaired) electrons. The first-order valence-corrected chi connectivity index (χ1v) is 3.43. The first-order chi connectivity index (χ1) is 5.11. The fourth-order valence-corrected chi connectivity index (χ4v) is 0.615. The van der Waals surface area contributed by atoms with Gasteiger partial charge in [0.2, 0.25) is 0 Å². The average molecular weight is 160 g/mol. The van der Waals surface area contributed by atoms with Crippen LogP contribution >= 0.6 is 0 Å². The second kappa shape index (κ2) is 4.65. The highest BCUT2D eigenvalue weighted by Gasteiger charge is 2.13. The van der Waals surface area contributed by atoms with Crippen molar-refractivity contribution >= 4 is 5.97 Å². The summed E-state index contributed by atoms with van der Waals surface area (Å²) in [5.41, 5.74) is 0. The Morgan fingerprint density at radius 3 is 2.55 bits per heavy atom. The maximum atomic E-state index is 10.1. The van der Waals surface area contributed by atoms with Gasteiger partial charge in [0.1, 0.15) is 6.54 Å². The third-order valence-electron chi connectivity index (χ3n) is 1.50. The smallest absolute Gasteiger partial charge is 0.325 e. The van der Waals surface area contributed by atoms with Crippen LogP contribution in [0.2, 0.25) is 0 Å². The van der Waals surface area contributed by atoms with Crippen LogP contribution in [0.4, 0.5) is 0 Å². The van der Waals surface area contributed by atoms with E-state index in [9.17, 15) is 9.70 Å². The van der Waals surface area contributed by atoms with Crippen LogP contribution in [0.3, 0.4) is 0 Å². The number of nitrogens with zero attached hydrogens (tertiary/aromatic N) is 2. The molecule has 1 atom stereocenters. The molecule has 0 bridgehead atoms. The molecule has 0 rings (SSSR count). The molecule has 0 aromatic rings. The van der Waals surface area contributed by atoms with Crippen LogP contribution in [-0.4, -0.2) is 28.7 Å². The summed E-state index contributed by atoms with van der Waals surface area (Å²) in [6, 6.07) is -0.108. The number of aliphatic carboxylic acids is 1. The zero-order valence-electron chi connectivity index (χ0n) is 6.65. The normalized spacial score (nSPS) is 12.2. The molecule has 64 valence electrons. The van der Waals surface area contributed by atoms with E-state index in [1.54, 1.807) is 6.92 Å². The lowest BCUT2D eigenvalue weighted by Gasteiger charge is -2.18. The van der Waals surface area contributed by atoms with Crippen LogP contribution in [0.25, 0.3) is 0 Å². The fraction of sp³-hybridized carbons (Fsp3) is 0.833. The van der Waals surface area contributed by atoms with Crippen molar-refractivity contribution < 1.29 is 9.90 Å². The molecule has 0 aliphatic rings. The SMILES string of the molecule is CC[C@H](C)N(CC(=O)O)N=O. The minimum absolute atomic E-state index is 0.108. The Morgan fingerprint density at radius 2 is 2.27 bits per heavy atom. The molecule has 0 amide bonds. The van der Waals surface area contributed by atoms with Crippen LogP contribution in [0.5, 0.6) is 0 Å². The second-order valence-corrected chi connectivity index (χ2v) is 2.33. The summed E-state index contributed by atoms with van der Waals surface area (Å²) in [5.74, 6) is -1.04. The van der Waals surface area contributed by atoms with Gasteiger partial charge >= 0.3 is 5.97 Å². The number of carbonyl (C=O) groups is 1. The standard InChI is InChI=1S/C6H12N2O3/c1-3-5(2)8(7-11)4-6(9)10/h5H,3-4H2,1-2H3,(H,9,10)/t5-/m0/s1. The van der Waals surface area contributed by atoms with Crippen molar-refractivity contribution in [3.8, 4) is 0 Å². The van der Waals surface area contributed by atoms with Crippen LogP contribution in [0.1, 0.15) is 20.3 Å². The first kappa shape index (κ1) is 9.87. The Labute approximate surface area is 64.9 Å². The maximum Gasteiger partial charge on any atom is 0.325 e. The van der Waals surface area contributed by atoms with Crippen molar-refractivity contribution in [1.82, 2.24) is 5.01 Å². The molecule has 0 saturated heterocycles. The molecule has 0 aliphatic carbocycles. The minimum atomic E-state index is -1.04. The van der Waals surface area contributed by atoms with E-state index < -0.39 is 5.97 Å². The van der Waals surface area contributed by atoms with E-state index in [2.05, 4.69) is 5.29 Å².